The molecule has 0 aromatic heterocycles. The SMILES string of the molecule is CCOC(=O)c1ccc(NC(=O)CSC2=NC(CC)=NC3=[N+](C)C(=O)N(C)C(=O)C23)cc1. The standard InChI is InChI=1S/C21H23N5O5S/c1-5-14-23-17-16(19(28)26(4)21(30)25(17)3)18(24-14)32-11-15(27)22-13-9-7-12(8-10-13)20(29)31-6-2/h7-10,16H,5-6,11H2,1-4H3/p+1. The number of aliphatic imine (C=N–C) groups is 2. The Morgan fingerprint density at radius 1 is 1.19 bits per heavy atom. The second kappa shape index (κ2) is 9.86. The number of carbonyl (C=O) groups excluding carboxylic acids is 4. The van der Waals surface area contributed by atoms with Gasteiger partial charge in [-0.15, -0.1) is 0 Å². The van der Waals surface area contributed by atoms with Crippen LogP contribution in [0.5, 0.6) is 0 Å². The summed E-state index contributed by atoms with van der Waals surface area (Å²) in [5.41, 5.74) is 0.917. The largest absolute Gasteiger partial charge is 0.462 e. The fraction of sp³-hybridized carbons (Fsp3) is 0.381. The Morgan fingerprint density at radius 3 is 2.50 bits per heavy atom. The van der Waals surface area contributed by atoms with Gasteiger partial charge in [0.25, 0.3) is 5.84 Å². The maximum Gasteiger partial charge on any atom is 0.445 e. The Balaban J connectivity index is 1.70. The van der Waals surface area contributed by atoms with Crippen LogP contribution in [0, 0.1) is 5.92 Å². The van der Waals surface area contributed by atoms with Crippen molar-refractivity contribution >= 4 is 58.0 Å². The van der Waals surface area contributed by atoms with Crippen LogP contribution in [0.2, 0.25) is 0 Å². The first-order chi connectivity index (χ1) is 15.3. The number of nitrogens with zero attached hydrogens (tertiary/aromatic N) is 4. The lowest BCUT2D eigenvalue weighted by Gasteiger charge is -2.26. The van der Waals surface area contributed by atoms with Crippen LogP contribution >= 0.6 is 11.8 Å². The summed E-state index contributed by atoms with van der Waals surface area (Å²) >= 11 is 1.13. The summed E-state index contributed by atoms with van der Waals surface area (Å²) in [5.74, 6) is -1.16. The van der Waals surface area contributed by atoms with Gasteiger partial charge >= 0.3 is 17.9 Å². The highest BCUT2D eigenvalue weighted by atomic mass is 32.2. The van der Waals surface area contributed by atoms with Crippen LogP contribution in [0.3, 0.4) is 0 Å². The van der Waals surface area contributed by atoms with Crippen molar-refractivity contribution in [2.45, 2.75) is 20.3 Å². The van der Waals surface area contributed by atoms with Crippen LogP contribution < -0.4 is 5.32 Å². The Kier molecular flexibility index (Phi) is 7.18. The highest BCUT2D eigenvalue weighted by Crippen LogP contribution is 2.25. The molecule has 11 heteroatoms. The summed E-state index contributed by atoms with van der Waals surface area (Å²) in [7, 11) is 2.97. The molecule has 0 bridgehead atoms. The minimum atomic E-state index is -0.820. The van der Waals surface area contributed by atoms with E-state index in [1.807, 2.05) is 6.92 Å². The molecule has 1 unspecified atom stereocenters. The summed E-state index contributed by atoms with van der Waals surface area (Å²) in [6.07, 6.45) is 0.519. The zero-order valence-corrected chi connectivity index (χ0v) is 19.1. The Labute approximate surface area is 189 Å². The van der Waals surface area contributed by atoms with Crippen molar-refractivity contribution in [2.24, 2.45) is 15.9 Å². The summed E-state index contributed by atoms with van der Waals surface area (Å²) in [6, 6.07) is 5.90. The molecule has 3 rings (SSSR count). The lowest BCUT2D eigenvalue weighted by Crippen LogP contribution is -2.54. The number of esters is 1. The van der Waals surface area contributed by atoms with Gasteiger partial charge in [-0.2, -0.15) is 9.48 Å². The first-order valence-corrected chi connectivity index (χ1v) is 11.0. The lowest BCUT2D eigenvalue weighted by atomic mass is 10.0. The van der Waals surface area contributed by atoms with Crippen LogP contribution in [-0.2, 0) is 14.3 Å². The lowest BCUT2D eigenvalue weighted by molar-refractivity contribution is -0.407. The maximum atomic E-state index is 12.7. The minimum absolute atomic E-state index is 0.00783. The maximum absolute atomic E-state index is 12.7. The molecule has 0 spiro atoms. The average molecular weight is 459 g/mol. The molecule has 10 nitrogen and oxygen atoms in total. The van der Waals surface area contributed by atoms with E-state index in [1.165, 1.54) is 11.6 Å². The summed E-state index contributed by atoms with van der Waals surface area (Å²) in [4.78, 5) is 59.1. The molecule has 0 saturated heterocycles. The van der Waals surface area contributed by atoms with Crippen molar-refractivity contribution in [1.82, 2.24) is 4.90 Å². The number of hydrogen-bond donors (Lipinski definition) is 1. The van der Waals surface area contributed by atoms with Crippen LogP contribution in [0.4, 0.5) is 10.5 Å². The highest BCUT2D eigenvalue weighted by Gasteiger charge is 2.49. The third-order valence-electron chi connectivity index (χ3n) is 4.83. The second-order valence-corrected chi connectivity index (χ2v) is 7.99. The van der Waals surface area contributed by atoms with Gasteiger partial charge in [0.15, 0.2) is 5.92 Å². The van der Waals surface area contributed by atoms with Crippen LogP contribution in [0.15, 0.2) is 34.3 Å². The van der Waals surface area contributed by atoms with Gasteiger partial charge < -0.3 is 10.1 Å². The van der Waals surface area contributed by atoms with Crippen molar-refractivity contribution < 1.29 is 28.5 Å². The number of amides is 4. The molecule has 0 aliphatic carbocycles. The number of hydrogen-bond acceptors (Lipinski definition) is 8. The topological polar surface area (TPSA) is 121 Å². The van der Waals surface area contributed by atoms with E-state index in [1.54, 1.807) is 38.2 Å². The molecule has 2 aliphatic rings. The fourth-order valence-electron chi connectivity index (χ4n) is 3.13. The van der Waals surface area contributed by atoms with Gasteiger partial charge in [-0.25, -0.2) is 14.6 Å². The Hall–Kier alpha value is -3.34. The number of nitrogens with one attached hydrogen (secondary N) is 1. The number of ether oxygens (including phenoxy) is 1. The first-order valence-electron chi connectivity index (χ1n) is 10.0. The molecule has 2 heterocycles. The molecule has 0 fully saturated rings. The van der Waals surface area contributed by atoms with E-state index < -0.39 is 23.8 Å². The number of imide groups is 1. The second-order valence-electron chi connectivity index (χ2n) is 7.00. The van der Waals surface area contributed by atoms with Gasteiger partial charge in [-0.05, 0) is 31.2 Å². The fourth-order valence-corrected chi connectivity index (χ4v) is 4.03. The number of amidine groups is 2. The monoisotopic (exact) mass is 458 g/mol. The van der Waals surface area contributed by atoms with Crippen molar-refractivity contribution in [3.63, 3.8) is 0 Å². The van der Waals surface area contributed by atoms with E-state index in [2.05, 4.69) is 15.3 Å². The number of rotatable bonds is 6. The van der Waals surface area contributed by atoms with Crippen LogP contribution in [0.1, 0.15) is 30.6 Å². The van der Waals surface area contributed by atoms with E-state index in [0.29, 0.717) is 34.4 Å². The van der Waals surface area contributed by atoms with Gasteiger partial charge in [0.2, 0.25) is 11.7 Å². The van der Waals surface area contributed by atoms with Crippen LogP contribution in [-0.4, -0.2) is 76.5 Å². The van der Waals surface area contributed by atoms with E-state index in [0.717, 1.165) is 16.7 Å². The van der Waals surface area contributed by atoms with Gasteiger partial charge in [-0.3, -0.25) is 9.59 Å². The molecule has 1 atom stereocenters. The van der Waals surface area contributed by atoms with E-state index >= 15 is 0 Å². The van der Waals surface area contributed by atoms with Gasteiger partial charge in [0.05, 0.1) is 32.0 Å². The summed E-state index contributed by atoms with van der Waals surface area (Å²) in [6.45, 7) is 3.88. The first kappa shape index (κ1) is 23.3. The van der Waals surface area contributed by atoms with E-state index in [-0.39, 0.29) is 18.3 Å². The van der Waals surface area contributed by atoms with E-state index in [4.69, 9.17) is 4.74 Å². The summed E-state index contributed by atoms with van der Waals surface area (Å²) < 4.78 is 6.27. The van der Waals surface area contributed by atoms with Crippen LogP contribution in [0.25, 0.3) is 0 Å². The van der Waals surface area contributed by atoms with Crippen molar-refractivity contribution in [2.75, 3.05) is 31.8 Å². The zero-order chi connectivity index (χ0) is 23.4. The predicted molar refractivity (Wildman–Crippen MR) is 121 cm³/mol. The number of urea groups is 1. The molecule has 4 amide bonds. The van der Waals surface area contributed by atoms with Crippen molar-refractivity contribution in [1.29, 1.82) is 0 Å². The third-order valence-corrected chi connectivity index (χ3v) is 5.86. The number of anilines is 1. The number of fused-ring (bicyclic) bond motifs is 1. The Bertz CT molecular complexity index is 1060. The third kappa shape index (κ3) is 4.77. The number of thioether (sulfide) groups is 1. The van der Waals surface area contributed by atoms with Gasteiger partial charge in [0, 0.05) is 12.1 Å². The molecular formula is C21H24N5O5S+. The minimum Gasteiger partial charge on any atom is -0.462 e. The molecule has 0 saturated carbocycles. The molecular weight excluding hydrogens is 434 g/mol. The van der Waals surface area contributed by atoms with Gasteiger partial charge in [0.1, 0.15) is 5.04 Å². The molecule has 32 heavy (non-hydrogen) atoms. The quantitative estimate of drug-likeness (QED) is 0.514. The zero-order valence-electron chi connectivity index (χ0n) is 18.2. The summed E-state index contributed by atoms with van der Waals surface area (Å²) in [5, 5.41) is 3.18. The highest BCUT2D eigenvalue weighted by molar-refractivity contribution is 8.14. The normalized spacial score (nSPS) is 18.1. The van der Waals surface area contributed by atoms with E-state index in [9.17, 15) is 19.2 Å². The average Bonchev–Trinajstić information content (AvgIpc) is 2.80. The molecule has 2 aliphatic heterocycles. The van der Waals surface area contributed by atoms with Crippen molar-refractivity contribution in [3.05, 3.63) is 29.8 Å². The van der Waals surface area contributed by atoms with Crippen molar-refractivity contribution in [3.8, 4) is 0 Å². The molecule has 168 valence electrons. The molecule has 1 N–H and O–H groups in total. The van der Waals surface area contributed by atoms with Gasteiger partial charge in [-0.1, -0.05) is 23.7 Å². The Morgan fingerprint density at radius 2 is 1.88 bits per heavy atom. The molecule has 0 radical (unpaired) electrons. The smallest absolute Gasteiger partial charge is 0.445 e. The number of benzene rings is 1. The molecule has 1 aromatic carbocycles. The number of carbonyl (C=O) groups is 4. The molecule has 1 aromatic rings. The predicted octanol–water partition coefficient (Wildman–Crippen LogP) is 2.00.